The first kappa shape index (κ1) is 24.2. The third-order valence-electron chi connectivity index (χ3n) is 5.08. The van der Waals surface area contributed by atoms with Gasteiger partial charge >= 0.3 is 5.97 Å². The van der Waals surface area contributed by atoms with Crippen LogP contribution in [0.25, 0.3) is 0 Å². The average Bonchev–Trinajstić information content (AvgIpc) is 2.78. The number of hydrogen-bond acceptors (Lipinski definition) is 5. The molecule has 2 aromatic carbocycles. The van der Waals surface area contributed by atoms with Crippen LogP contribution in [0.2, 0.25) is 0 Å². The van der Waals surface area contributed by atoms with Crippen molar-refractivity contribution in [3.63, 3.8) is 0 Å². The predicted molar refractivity (Wildman–Crippen MR) is 123 cm³/mol. The second-order valence-corrected chi connectivity index (χ2v) is 9.56. The Morgan fingerprint density at radius 2 is 1.82 bits per heavy atom. The predicted octanol–water partition coefficient (Wildman–Crippen LogP) is 4.53. The van der Waals surface area contributed by atoms with E-state index in [-0.39, 0.29) is 28.5 Å². The highest BCUT2D eigenvalue weighted by molar-refractivity contribution is 7.92. The van der Waals surface area contributed by atoms with Crippen molar-refractivity contribution in [1.29, 1.82) is 0 Å². The Kier molecular flexibility index (Phi) is 7.33. The molecule has 0 aliphatic heterocycles. The number of halogens is 1. The average molecular weight is 473 g/mol. The normalized spacial score (nSPS) is 12.2. The van der Waals surface area contributed by atoms with E-state index in [9.17, 15) is 17.6 Å². The summed E-state index contributed by atoms with van der Waals surface area (Å²) in [5, 5.41) is 9.05. The van der Waals surface area contributed by atoms with Crippen LogP contribution in [0.1, 0.15) is 34.0 Å². The van der Waals surface area contributed by atoms with E-state index < -0.39 is 28.7 Å². The van der Waals surface area contributed by atoms with E-state index >= 15 is 0 Å². The van der Waals surface area contributed by atoms with Crippen LogP contribution in [0.15, 0.2) is 65.8 Å². The highest BCUT2D eigenvalue weighted by Gasteiger charge is 2.29. The summed E-state index contributed by atoms with van der Waals surface area (Å²) in [7, 11) is -4.11. The SMILES string of the molecule is Cc1cc(OCc2ccc(C(=O)O)cc2)c(N(CC(C)F)S(=O)(=O)c2cccnc2)cc1C. The molecule has 0 bridgehead atoms. The van der Waals surface area contributed by atoms with Gasteiger partial charge in [0, 0.05) is 12.4 Å². The minimum absolute atomic E-state index is 0.0564. The summed E-state index contributed by atoms with van der Waals surface area (Å²) >= 11 is 0. The molecule has 0 amide bonds. The number of alkyl halides is 1. The number of sulfonamides is 1. The van der Waals surface area contributed by atoms with Crippen molar-refractivity contribution in [2.45, 2.75) is 38.4 Å². The van der Waals surface area contributed by atoms with E-state index in [1.54, 1.807) is 24.3 Å². The zero-order chi connectivity index (χ0) is 24.2. The van der Waals surface area contributed by atoms with E-state index in [2.05, 4.69) is 4.98 Å². The maximum atomic E-state index is 14.1. The molecular formula is C24H25FN2O5S. The fourth-order valence-electron chi connectivity index (χ4n) is 3.17. The molecule has 1 N–H and O–H groups in total. The Labute approximate surface area is 192 Å². The van der Waals surface area contributed by atoms with Gasteiger partial charge in [-0.05, 0) is 73.9 Å². The van der Waals surface area contributed by atoms with Crippen LogP contribution in [0.5, 0.6) is 5.75 Å². The smallest absolute Gasteiger partial charge is 0.335 e. The van der Waals surface area contributed by atoms with Crippen molar-refractivity contribution < 1.29 is 27.4 Å². The van der Waals surface area contributed by atoms with Crippen LogP contribution in [0.3, 0.4) is 0 Å². The van der Waals surface area contributed by atoms with Gasteiger partial charge in [-0.25, -0.2) is 17.6 Å². The van der Waals surface area contributed by atoms with Crippen molar-refractivity contribution in [3.05, 3.63) is 83.2 Å². The van der Waals surface area contributed by atoms with Gasteiger partial charge in [0.05, 0.1) is 17.8 Å². The van der Waals surface area contributed by atoms with E-state index in [0.717, 1.165) is 15.4 Å². The lowest BCUT2D eigenvalue weighted by atomic mass is 10.1. The number of benzene rings is 2. The van der Waals surface area contributed by atoms with Crippen molar-refractivity contribution >= 4 is 21.7 Å². The number of aryl methyl sites for hydroxylation is 2. The molecule has 1 heterocycles. The van der Waals surface area contributed by atoms with E-state index in [1.807, 2.05) is 13.8 Å². The van der Waals surface area contributed by atoms with Gasteiger partial charge in [-0.2, -0.15) is 0 Å². The molecule has 3 aromatic rings. The summed E-state index contributed by atoms with van der Waals surface area (Å²) in [6, 6.07) is 12.5. The molecule has 174 valence electrons. The van der Waals surface area contributed by atoms with E-state index in [1.165, 1.54) is 43.6 Å². The van der Waals surface area contributed by atoms with Crippen molar-refractivity contribution in [1.82, 2.24) is 4.98 Å². The van der Waals surface area contributed by atoms with Gasteiger partial charge in [0.25, 0.3) is 10.0 Å². The van der Waals surface area contributed by atoms with E-state index in [0.29, 0.717) is 5.56 Å². The first-order valence-corrected chi connectivity index (χ1v) is 11.7. The lowest BCUT2D eigenvalue weighted by molar-refractivity contribution is 0.0696. The number of anilines is 1. The van der Waals surface area contributed by atoms with Crippen LogP contribution < -0.4 is 9.04 Å². The maximum Gasteiger partial charge on any atom is 0.335 e. The standard InChI is InChI=1S/C24H25FN2O5S/c1-16-11-22(27(14-18(3)25)33(30,31)21-5-4-10-26-13-21)23(12-17(16)2)32-15-19-6-8-20(9-7-19)24(28)29/h4-13,18H,14-15H2,1-3H3,(H,28,29). The summed E-state index contributed by atoms with van der Waals surface area (Å²) in [4.78, 5) is 14.9. The minimum Gasteiger partial charge on any atom is -0.487 e. The van der Waals surface area contributed by atoms with Gasteiger partial charge in [-0.15, -0.1) is 0 Å². The largest absolute Gasteiger partial charge is 0.487 e. The molecule has 0 saturated carbocycles. The lowest BCUT2D eigenvalue weighted by Crippen LogP contribution is -2.36. The second kappa shape index (κ2) is 9.99. The third-order valence-corrected chi connectivity index (χ3v) is 6.84. The Balaban J connectivity index is 2.02. The van der Waals surface area contributed by atoms with E-state index in [4.69, 9.17) is 9.84 Å². The maximum absolute atomic E-state index is 14.1. The number of aromatic nitrogens is 1. The molecule has 3 rings (SSSR count). The number of nitrogens with zero attached hydrogens (tertiary/aromatic N) is 2. The zero-order valence-corrected chi connectivity index (χ0v) is 19.3. The molecule has 7 nitrogen and oxygen atoms in total. The van der Waals surface area contributed by atoms with Crippen LogP contribution >= 0.6 is 0 Å². The molecule has 1 atom stereocenters. The molecule has 1 aromatic heterocycles. The molecule has 0 radical (unpaired) electrons. The molecule has 1 unspecified atom stereocenters. The van der Waals surface area contributed by atoms with Crippen molar-refractivity contribution in [2.75, 3.05) is 10.8 Å². The Hall–Kier alpha value is -3.46. The van der Waals surface area contributed by atoms with Crippen LogP contribution in [0.4, 0.5) is 10.1 Å². The monoisotopic (exact) mass is 472 g/mol. The van der Waals surface area contributed by atoms with Gasteiger partial charge in [0.2, 0.25) is 0 Å². The number of carboxylic acid groups (broad SMARTS) is 1. The van der Waals surface area contributed by atoms with Gasteiger partial charge in [-0.3, -0.25) is 9.29 Å². The summed E-state index contributed by atoms with van der Waals surface area (Å²) in [5.41, 5.74) is 2.76. The van der Waals surface area contributed by atoms with Gasteiger partial charge in [0.15, 0.2) is 0 Å². The number of ether oxygens (including phenoxy) is 1. The zero-order valence-electron chi connectivity index (χ0n) is 18.5. The molecule has 0 spiro atoms. The first-order valence-electron chi connectivity index (χ1n) is 10.2. The van der Waals surface area contributed by atoms with Gasteiger partial charge in [0.1, 0.15) is 23.4 Å². The number of pyridine rings is 1. The first-order chi connectivity index (χ1) is 15.6. The molecule has 33 heavy (non-hydrogen) atoms. The Morgan fingerprint density at radius 3 is 2.39 bits per heavy atom. The van der Waals surface area contributed by atoms with Crippen molar-refractivity contribution in [3.8, 4) is 5.75 Å². The molecule has 0 saturated heterocycles. The highest BCUT2D eigenvalue weighted by Crippen LogP contribution is 2.36. The number of hydrogen-bond donors (Lipinski definition) is 1. The number of rotatable bonds is 9. The summed E-state index contributed by atoms with van der Waals surface area (Å²) in [6.07, 6.45) is 1.24. The third kappa shape index (κ3) is 5.67. The quantitative estimate of drug-likeness (QED) is 0.492. The summed E-state index contributed by atoms with van der Waals surface area (Å²) in [5.74, 6) is -0.760. The number of carboxylic acids is 1. The molecule has 0 fully saturated rings. The Bertz CT molecular complexity index is 1230. The van der Waals surface area contributed by atoms with Crippen LogP contribution in [-0.2, 0) is 16.6 Å². The highest BCUT2D eigenvalue weighted by atomic mass is 32.2. The topological polar surface area (TPSA) is 96.8 Å². The van der Waals surface area contributed by atoms with Crippen molar-refractivity contribution in [2.24, 2.45) is 0 Å². The molecule has 0 aliphatic rings. The molecule has 9 heteroatoms. The summed E-state index contributed by atoms with van der Waals surface area (Å²) in [6.45, 7) is 4.66. The lowest BCUT2D eigenvalue weighted by Gasteiger charge is -2.27. The molecule has 0 aliphatic carbocycles. The van der Waals surface area contributed by atoms with Crippen LogP contribution in [-0.4, -0.2) is 37.2 Å². The van der Waals surface area contributed by atoms with Gasteiger partial charge < -0.3 is 9.84 Å². The second-order valence-electron chi connectivity index (χ2n) is 7.70. The molecular weight excluding hydrogens is 447 g/mol. The Morgan fingerprint density at radius 1 is 1.15 bits per heavy atom. The summed E-state index contributed by atoms with van der Waals surface area (Å²) < 4.78 is 47.9. The number of aromatic carboxylic acids is 1. The van der Waals surface area contributed by atoms with Gasteiger partial charge in [-0.1, -0.05) is 12.1 Å². The fourth-order valence-corrected chi connectivity index (χ4v) is 4.67. The fraction of sp³-hybridized carbons (Fsp3) is 0.250. The minimum atomic E-state index is -4.11. The number of carbonyl (C=O) groups is 1. The van der Waals surface area contributed by atoms with Crippen LogP contribution in [0, 0.1) is 13.8 Å².